The number of rotatable bonds is 4. The fourth-order valence-electron chi connectivity index (χ4n) is 3.36. The predicted octanol–water partition coefficient (Wildman–Crippen LogP) is 5.97. The van der Waals surface area contributed by atoms with E-state index in [0.717, 1.165) is 27.9 Å². The van der Waals surface area contributed by atoms with Crippen molar-refractivity contribution in [3.8, 4) is 17.2 Å². The van der Waals surface area contributed by atoms with E-state index in [9.17, 15) is 5.11 Å². The Labute approximate surface area is 174 Å². The number of aromatic nitrogens is 3. The summed E-state index contributed by atoms with van der Waals surface area (Å²) >= 11 is 5.98. The van der Waals surface area contributed by atoms with E-state index in [1.807, 2.05) is 50.2 Å². The highest BCUT2D eigenvalue weighted by Gasteiger charge is 2.19. The van der Waals surface area contributed by atoms with Crippen LogP contribution in [0.2, 0.25) is 5.02 Å². The minimum Gasteiger partial charge on any atom is -0.507 e. The zero-order chi connectivity index (χ0) is 20.7. The summed E-state index contributed by atoms with van der Waals surface area (Å²) in [4.78, 5) is 14.1. The van der Waals surface area contributed by atoms with E-state index in [2.05, 4.69) is 23.8 Å². The van der Waals surface area contributed by atoms with Crippen LogP contribution in [0.1, 0.15) is 48.0 Å². The molecule has 0 atom stereocenters. The van der Waals surface area contributed by atoms with Crippen molar-refractivity contribution in [1.82, 2.24) is 15.0 Å². The van der Waals surface area contributed by atoms with Crippen LogP contribution in [0.5, 0.6) is 5.75 Å². The molecule has 0 saturated heterocycles. The standard InChI is InChI=1S/C23H22ClN3O2/c1-12(2)19-20-23(26-18(25-19)11-15-5-7-17(24)8-6-15)29-22(27-20)16-9-13(3)21(28)14(4)10-16/h5-10,12,28H,11H2,1-4H3. The number of hydrogen-bond acceptors (Lipinski definition) is 5. The van der Waals surface area contributed by atoms with E-state index in [0.29, 0.717) is 34.4 Å². The summed E-state index contributed by atoms with van der Waals surface area (Å²) in [5, 5.41) is 10.7. The van der Waals surface area contributed by atoms with Crippen LogP contribution in [0.4, 0.5) is 0 Å². The van der Waals surface area contributed by atoms with Crippen molar-refractivity contribution >= 4 is 22.8 Å². The average molecular weight is 408 g/mol. The Bertz CT molecular complexity index is 1170. The SMILES string of the molecule is Cc1cc(-c2nc3c(C(C)C)nc(Cc4ccc(Cl)cc4)nc3o2)cc(C)c1O. The number of phenols is 1. The normalized spacial score (nSPS) is 11.5. The third-order valence-corrected chi connectivity index (χ3v) is 5.14. The van der Waals surface area contributed by atoms with Gasteiger partial charge in [0.2, 0.25) is 5.89 Å². The topological polar surface area (TPSA) is 72.0 Å². The van der Waals surface area contributed by atoms with Gasteiger partial charge in [-0.05, 0) is 60.7 Å². The number of halogens is 1. The largest absolute Gasteiger partial charge is 0.507 e. The van der Waals surface area contributed by atoms with E-state index in [4.69, 9.17) is 21.0 Å². The third kappa shape index (κ3) is 3.83. The lowest BCUT2D eigenvalue weighted by atomic mass is 10.1. The molecule has 4 aromatic rings. The lowest BCUT2D eigenvalue weighted by Crippen LogP contribution is -2.03. The van der Waals surface area contributed by atoms with Crippen LogP contribution in [0.15, 0.2) is 40.8 Å². The monoisotopic (exact) mass is 407 g/mol. The molecule has 148 valence electrons. The molecular weight excluding hydrogens is 386 g/mol. The number of hydrogen-bond donors (Lipinski definition) is 1. The summed E-state index contributed by atoms with van der Waals surface area (Å²) in [6.07, 6.45) is 0.584. The molecule has 2 aromatic carbocycles. The first-order valence-electron chi connectivity index (χ1n) is 9.54. The van der Waals surface area contributed by atoms with Crippen LogP contribution in [0.3, 0.4) is 0 Å². The Hall–Kier alpha value is -2.92. The Kier molecular flexibility index (Phi) is 5.01. The smallest absolute Gasteiger partial charge is 0.251 e. The highest BCUT2D eigenvalue weighted by molar-refractivity contribution is 6.30. The zero-order valence-corrected chi connectivity index (χ0v) is 17.6. The van der Waals surface area contributed by atoms with Crippen LogP contribution in [0.25, 0.3) is 22.7 Å². The maximum Gasteiger partial charge on any atom is 0.251 e. The van der Waals surface area contributed by atoms with E-state index in [1.165, 1.54) is 0 Å². The zero-order valence-electron chi connectivity index (χ0n) is 16.8. The van der Waals surface area contributed by atoms with E-state index < -0.39 is 0 Å². The number of benzene rings is 2. The molecule has 6 heteroatoms. The van der Waals surface area contributed by atoms with E-state index in [-0.39, 0.29) is 11.7 Å². The van der Waals surface area contributed by atoms with Gasteiger partial charge in [-0.2, -0.15) is 4.98 Å². The maximum atomic E-state index is 10.0. The molecule has 5 nitrogen and oxygen atoms in total. The summed E-state index contributed by atoms with van der Waals surface area (Å²) < 4.78 is 6.03. The van der Waals surface area contributed by atoms with Gasteiger partial charge in [-0.15, -0.1) is 0 Å². The summed E-state index contributed by atoms with van der Waals surface area (Å²) in [6.45, 7) is 7.88. The fraction of sp³-hybridized carbons (Fsp3) is 0.261. The minimum absolute atomic E-state index is 0.172. The molecule has 0 unspecified atom stereocenters. The van der Waals surface area contributed by atoms with Gasteiger partial charge in [0.05, 0.1) is 5.69 Å². The van der Waals surface area contributed by atoms with Crippen LogP contribution < -0.4 is 0 Å². The van der Waals surface area contributed by atoms with E-state index >= 15 is 0 Å². The van der Waals surface area contributed by atoms with Gasteiger partial charge in [0.15, 0.2) is 5.52 Å². The van der Waals surface area contributed by atoms with Crippen molar-refractivity contribution in [3.63, 3.8) is 0 Å². The van der Waals surface area contributed by atoms with Crippen molar-refractivity contribution in [2.24, 2.45) is 0 Å². The molecule has 4 rings (SSSR count). The Morgan fingerprint density at radius 3 is 2.28 bits per heavy atom. The minimum atomic E-state index is 0.172. The van der Waals surface area contributed by atoms with E-state index in [1.54, 1.807) is 0 Å². The number of oxazole rings is 1. The lowest BCUT2D eigenvalue weighted by molar-refractivity contribution is 0.467. The predicted molar refractivity (Wildman–Crippen MR) is 115 cm³/mol. The molecule has 0 aliphatic rings. The number of phenolic OH excluding ortho intramolecular Hbond substituents is 1. The number of fused-ring (bicyclic) bond motifs is 1. The van der Waals surface area contributed by atoms with Crippen molar-refractivity contribution in [1.29, 1.82) is 0 Å². The van der Waals surface area contributed by atoms with Crippen molar-refractivity contribution < 1.29 is 9.52 Å². The van der Waals surface area contributed by atoms with Crippen LogP contribution in [0, 0.1) is 13.8 Å². The molecule has 1 N–H and O–H groups in total. The van der Waals surface area contributed by atoms with Gasteiger partial charge in [0.1, 0.15) is 11.6 Å². The fourth-order valence-corrected chi connectivity index (χ4v) is 3.48. The maximum absolute atomic E-state index is 10.0. The highest BCUT2D eigenvalue weighted by Crippen LogP contribution is 2.32. The second-order valence-corrected chi connectivity index (χ2v) is 8.05. The molecule has 29 heavy (non-hydrogen) atoms. The Morgan fingerprint density at radius 2 is 1.66 bits per heavy atom. The van der Waals surface area contributed by atoms with Crippen LogP contribution in [-0.2, 0) is 6.42 Å². The molecule has 0 bridgehead atoms. The number of aromatic hydroxyl groups is 1. The molecule has 2 aromatic heterocycles. The number of aryl methyl sites for hydroxylation is 2. The molecule has 0 fully saturated rings. The molecule has 0 aliphatic heterocycles. The molecule has 0 spiro atoms. The van der Waals surface area contributed by atoms with Crippen LogP contribution >= 0.6 is 11.6 Å². The summed E-state index contributed by atoms with van der Waals surface area (Å²) in [5.74, 6) is 1.62. The second-order valence-electron chi connectivity index (χ2n) is 7.61. The van der Waals surface area contributed by atoms with Crippen molar-refractivity contribution in [2.45, 2.75) is 40.0 Å². The molecule has 2 heterocycles. The molecule has 0 amide bonds. The Balaban J connectivity index is 1.81. The molecule has 0 saturated carbocycles. The first-order valence-corrected chi connectivity index (χ1v) is 9.92. The Morgan fingerprint density at radius 1 is 1.00 bits per heavy atom. The van der Waals surface area contributed by atoms with Crippen LogP contribution in [-0.4, -0.2) is 20.1 Å². The van der Waals surface area contributed by atoms with Gasteiger partial charge in [0, 0.05) is 17.0 Å². The van der Waals surface area contributed by atoms with Crippen molar-refractivity contribution in [3.05, 3.63) is 69.6 Å². The summed E-state index contributed by atoms with van der Waals surface area (Å²) in [7, 11) is 0. The first-order chi connectivity index (χ1) is 13.8. The van der Waals surface area contributed by atoms with Gasteiger partial charge in [-0.3, -0.25) is 0 Å². The quantitative estimate of drug-likeness (QED) is 0.450. The average Bonchev–Trinajstić information content (AvgIpc) is 3.11. The molecule has 0 aliphatic carbocycles. The summed E-state index contributed by atoms with van der Waals surface area (Å²) in [5.41, 5.74) is 5.46. The second kappa shape index (κ2) is 7.48. The lowest BCUT2D eigenvalue weighted by Gasteiger charge is -2.07. The third-order valence-electron chi connectivity index (χ3n) is 4.89. The van der Waals surface area contributed by atoms with Gasteiger partial charge in [0.25, 0.3) is 5.71 Å². The van der Waals surface area contributed by atoms with Gasteiger partial charge < -0.3 is 9.52 Å². The molecular formula is C23H22ClN3O2. The van der Waals surface area contributed by atoms with Gasteiger partial charge in [-0.1, -0.05) is 37.6 Å². The first kappa shape index (κ1) is 19.4. The van der Waals surface area contributed by atoms with Crippen molar-refractivity contribution in [2.75, 3.05) is 0 Å². The highest BCUT2D eigenvalue weighted by atomic mass is 35.5. The molecule has 0 radical (unpaired) electrons. The van der Waals surface area contributed by atoms with Gasteiger partial charge >= 0.3 is 0 Å². The van der Waals surface area contributed by atoms with Gasteiger partial charge in [-0.25, -0.2) is 9.97 Å². The summed E-state index contributed by atoms with van der Waals surface area (Å²) in [6, 6.07) is 11.4. The number of nitrogens with zero attached hydrogens (tertiary/aromatic N) is 3.